The SMILES string of the molecule is CCCn1cc(-c2nc3c(c(NC)n2)CSC3)cn1. The molecule has 100 valence electrons. The molecule has 3 heterocycles. The Labute approximate surface area is 116 Å². The van der Waals surface area contributed by atoms with E-state index in [1.54, 1.807) is 0 Å². The van der Waals surface area contributed by atoms with Crippen LogP contribution in [0.4, 0.5) is 5.82 Å². The minimum atomic E-state index is 0.771. The number of fused-ring (bicyclic) bond motifs is 1. The summed E-state index contributed by atoms with van der Waals surface area (Å²) in [4.78, 5) is 9.30. The van der Waals surface area contributed by atoms with Gasteiger partial charge in [0.15, 0.2) is 5.82 Å². The Bertz CT molecular complexity index is 593. The van der Waals surface area contributed by atoms with Crippen molar-refractivity contribution >= 4 is 17.6 Å². The number of nitrogens with one attached hydrogen (secondary N) is 1. The second kappa shape index (κ2) is 5.21. The maximum absolute atomic E-state index is 4.68. The first-order valence-electron chi connectivity index (χ1n) is 6.50. The molecule has 0 saturated heterocycles. The first kappa shape index (κ1) is 12.5. The van der Waals surface area contributed by atoms with Crippen molar-refractivity contribution in [1.29, 1.82) is 0 Å². The summed E-state index contributed by atoms with van der Waals surface area (Å²) in [6, 6.07) is 0. The van der Waals surface area contributed by atoms with Crippen LogP contribution in [0.5, 0.6) is 0 Å². The van der Waals surface area contributed by atoms with E-state index < -0.39 is 0 Å². The summed E-state index contributed by atoms with van der Waals surface area (Å²) in [7, 11) is 1.91. The van der Waals surface area contributed by atoms with Crippen molar-refractivity contribution in [3.63, 3.8) is 0 Å². The first-order chi connectivity index (χ1) is 9.31. The Morgan fingerprint density at radius 2 is 2.26 bits per heavy atom. The molecule has 0 aromatic carbocycles. The van der Waals surface area contributed by atoms with Gasteiger partial charge in [0.1, 0.15) is 5.82 Å². The largest absolute Gasteiger partial charge is 0.373 e. The Kier molecular flexibility index (Phi) is 3.42. The van der Waals surface area contributed by atoms with Crippen molar-refractivity contribution in [3.05, 3.63) is 23.7 Å². The molecule has 1 N–H and O–H groups in total. The van der Waals surface area contributed by atoms with E-state index in [-0.39, 0.29) is 0 Å². The van der Waals surface area contributed by atoms with Crippen LogP contribution < -0.4 is 5.32 Å². The van der Waals surface area contributed by atoms with Crippen molar-refractivity contribution in [3.8, 4) is 11.4 Å². The molecule has 1 aliphatic heterocycles. The average molecular weight is 275 g/mol. The van der Waals surface area contributed by atoms with Crippen molar-refractivity contribution < 1.29 is 0 Å². The van der Waals surface area contributed by atoms with Crippen LogP contribution in [0.3, 0.4) is 0 Å². The maximum Gasteiger partial charge on any atom is 0.164 e. The molecular formula is C13H17N5S. The summed E-state index contributed by atoms with van der Waals surface area (Å²) >= 11 is 1.89. The molecule has 2 aromatic rings. The fourth-order valence-electron chi connectivity index (χ4n) is 2.22. The van der Waals surface area contributed by atoms with Gasteiger partial charge in [-0.05, 0) is 6.42 Å². The van der Waals surface area contributed by atoms with E-state index in [4.69, 9.17) is 0 Å². The van der Waals surface area contributed by atoms with Gasteiger partial charge in [-0.2, -0.15) is 16.9 Å². The molecule has 0 radical (unpaired) electrons. The Morgan fingerprint density at radius 1 is 1.37 bits per heavy atom. The van der Waals surface area contributed by atoms with Gasteiger partial charge in [-0.15, -0.1) is 0 Å². The monoisotopic (exact) mass is 275 g/mol. The zero-order chi connectivity index (χ0) is 13.2. The van der Waals surface area contributed by atoms with Crippen LogP contribution in [0.2, 0.25) is 0 Å². The van der Waals surface area contributed by atoms with Gasteiger partial charge in [-0.3, -0.25) is 4.68 Å². The number of thioether (sulfide) groups is 1. The number of anilines is 1. The number of hydrogen-bond donors (Lipinski definition) is 1. The highest BCUT2D eigenvalue weighted by Crippen LogP contribution is 2.34. The standard InChI is InChI=1S/C13H17N5S/c1-3-4-18-6-9(5-15-18)12-16-11-8-19-7-10(11)13(14-2)17-12/h5-6H,3-4,7-8H2,1-2H3,(H,14,16,17). The van der Waals surface area contributed by atoms with E-state index in [9.17, 15) is 0 Å². The molecule has 0 unspecified atom stereocenters. The van der Waals surface area contributed by atoms with Gasteiger partial charge in [-0.1, -0.05) is 6.92 Å². The van der Waals surface area contributed by atoms with Crippen molar-refractivity contribution in [1.82, 2.24) is 19.7 Å². The molecule has 19 heavy (non-hydrogen) atoms. The molecule has 3 rings (SSSR count). The van der Waals surface area contributed by atoms with E-state index in [1.165, 1.54) is 5.56 Å². The van der Waals surface area contributed by atoms with E-state index in [0.717, 1.165) is 47.4 Å². The fourth-order valence-corrected chi connectivity index (χ4v) is 3.26. The zero-order valence-electron chi connectivity index (χ0n) is 11.2. The van der Waals surface area contributed by atoms with Crippen molar-refractivity contribution in [2.75, 3.05) is 12.4 Å². The number of nitrogens with zero attached hydrogens (tertiary/aromatic N) is 4. The molecule has 2 aromatic heterocycles. The zero-order valence-corrected chi connectivity index (χ0v) is 12.0. The minimum absolute atomic E-state index is 0.771. The van der Waals surface area contributed by atoms with Crippen LogP contribution in [-0.2, 0) is 18.1 Å². The predicted octanol–water partition coefficient (Wildman–Crippen LogP) is 2.54. The van der Waals surface area contributed by atoms with Crippen LogP contribution in [0.1, 0.15) is 24.6 Å². The van der Waals surface area contributed by atoms with E-state index >= 15 is 0 Å². The summed E-state index contributed by atoms with van der Waals surface area (Å²) in [5.74, 6) is 3.70. The average Bonchev–Trinajstić information content (AvgIpc) is 3.06. The molecule has 0 spiro atoms. The normalized spacial score (nSPS) is 13.6. The highest BCUT2D eigenvalue weighted by atomic mass is 32.2. The molecule has 6 heteroatoms. The lowest BCUT2D eigenvalue weighted by Gasteiger charge is -2.07. The minimum Gasteiger partial charge on any atom is -0.373 e. The highest BCUT2D eigenvalue weighted by molar-refractivity contribution is 7.98. The van der Waals surface area contributed by atoms with Crippen molar-refractivity contribution in [2.24, 2.45) is 0 Å². The Hall–Kier alpha value is -1.56. The molecule has 0 saturated carbocycles. The molecule has 0 fully saturated rings. The van der Waals surface area contributed by atoms with Gasteiger partial charge in [0.2, 0.25) is 0 Å². The predicted molar refractivity (Wildman–Crippen MR) is 78.1 cm³/mol. The smallest absolute Gasteiger partial charge is 0.164 e. The summed E-state index contributed by atoms with van der Waals surface area (Å²) in [5, 5.41) is 7.52. The quantitative estimate of drug-likeness (QED) is 0.929. The van der Waals surface area contributed by atoms with Gasteiger partial charge < -0.3 is 5.32 Å². The van der Waals surface area contributed by atoms with E-state index in [1.807, 2.05) is 35.9 Å². The summed E-state index contributed by atoms with van der Waals surface area (Å²) in [6.07, 6.45) is 4.94. The van der Waals surface area contributed by atoms with E-state index in [2.05, 4.69) is 27.3 Å². The second-order valence-corrected chi connectivity index (χ2v) is 5.54. The number of aryl methyl sites for hydroxylation is 1. The Morgan fingerprint density at radius 3 is 3.05 bits per heavy atom. The lowest BCUT2D eigenvalue weighted by Crippen LogP contribution is -2.03. The molecule has 5 nitrogen and oxygen atoms in total. The van der Waals surface area contributed by atoms with Crippen LogP contribution in [0, 0.1) is 0 Å². The molecular weight excluding hydrogens is 258 g/mol. The third-order valence-electron chi connectivity index (χ3n) is 3.16. The van der Waals surface area contributed by atoms with Gasteiger partial charge >= 0.3 is 0 Å². The van der Waals surface area contributed by atoms with Gasteiger partial charge in [-0.25, -0.2) is 9.97 Å². The van der Waals surface area contributed by atoms with Gasteiger partial charge in [0.05, 0.1) is 17.5 Å². The Balaban J connectivity index is 2.00. The molecule has 0 bridgehead atoms. The van der Waals surface area contributed by atoms with Crippen LogP contribution in [-0.4, -0.2) is 26.8 Å². The summed E-state index contributed by atoms with van der Waals surface area (Å²) in [6.45, 7) is 3.07. The fraction of sp³-hybridized carbons (Fsp3) is 0.462. The third-order valence-corrected chi connectivity index (χ3v) is 4.13. The lowest BCUT2D eigenvalue weighted by molar-refractivity contribution is 0.603. The third kappa shape index (κ3) is 2.32. The highest BCUT2D eigenvalue weighted by Gasteiger charge is 2.20. The van der Waals surface area contributed by atoms with Gasteiger partial charge in [0, 0.05) is 36.9 Å². The number of aromatic nitrogens is 4. The number of hydrogen-bond acceptors (Lipinski definition) is 5. The molecule has 0 atom stereocenters. The summed E-state index contributed by atoms with van der Waals surface area (Å²) in [5.41, 5.74) is 3.39. The van der Waals surface area contributed by atoms with Crippen molar-refractivity contribution in [2.45, 2.75) is 31.4 Å². The maximum atomic E-state index is 4.68. The van der Waals surface area contributed by atoms with Crippen LogP contribution in [0.25, 0.3) is 11.4 Å². The second-order valence-electron chi connectivity index (χ2n) is 4.56. The van der Waals surface area contributed by atoms with Gasteiger partial charge in [0.25, 0.3) is 0 Å². The molecule has 1 aliphatic rings. The summed E-state index contributed by atoms with van der Waals surface area (Å²) < 4.78 is 1.94. The number of rotatable bonds is 4. The first-order valence-corrected chi connectivity index (χ1v) is 7.65. The topological polar surface area (TPSA) is 55.6 Å². The lowest BCUT2D eigenvalue weighted by atomic mass is 10.2. The van der Waals surface area contributed by atoms with E-state index in [0.29, 0.717) is 0 Å². The van der Waals surface area contributed by atoms with Crippen LogP contribution >= 0.6 is 11.8 Å². The molecule has 0 aliphatic carbocycles. The molecule has 0 amide bonds. The van der Waals surface area contributed by atoms with Crippen LogP contribution in [0.15, 0.2) is 12.4 Å².